The zero-order chi connectivity index (χ0) is 24.6. The first kappa shape index (κ1) is 25.5. The number of piperidine rings is 1. The summed E-state index contributed by atoms with van der Waals surface area (Å²) in [5.41, 5.74) is 2.27. The van der Waals surface area contributed by atoms with Gasteiger partial charge in [-0.05, 0) is 86.9 Å². The van der Waals surface area contributed by atoms with Crippen LogP contribution in [-0.2, 0) is 18.3 Å². The van der Waals surface area contributed by atoms with E-state index in [0.29, 0.717) is 5.92 Å². The van der Waals surface area contributed by atoms with Gasteiger partial charge in [0.25, 0.3) is 0 Å². The number of aliphatic carboxylic acids is 1. The van der Waals surface area contributed by atoms with Crippen molar-refractivity contribution in [3.05, 3.63) is 48.4 Å². The number of aryl methyl sites for hydroxylation is 2. The Balaban J connectivity index is 1.28. The number of pyridine rings is 1. The fourth-order valence-electron chi connectivity index (χ4n) is 5.22. The van der Waals surface area contributed by atoms with Gasteiger partial charge in [-0.2, -0.15) is 0 Å². The molecule has 1 aromatic carbocycles. The summed E-state index contributed by atoms with van der Waals surface area (Å²) in [5, 5.41) is 11.7. The predicted molar refractivity (Wildman–Crippen MR) is 140 cm³/mol. The van der Waals surface area contributed by atoms with Gasteiger partial charge in [0.1, 0.15) is 5.75 Å². The molecule has 188 valence electrons. The minimum Gasteiger partial charge on any atom is -0.497 e. The van der Waals surface area contributed by atoms with Crippen LogP contribution in [0, 0.1) is 11.8 Å². The summed E-state index contributed by atoms with van der Waals surface area (Å²) >= 11 is 1.78. The van der Waals surface area contributed by atoms with Gasteiger partial charge in [-0.25, -0.2) is 4.98 Å². The minimum atomic E-state index is -0.681. The monoisotopic (exact) mass is 496 g/mol. The number of imidazole rings is 1. The van der Waals surface area contributed by atoms with E-state index in [-0.39, 0.29) is 12.3 Å². The molecule has 0 radical (unpaired) electrons. The van der Waals surface area contributed by atoms with Gasteiger partial charge in [-0.1, -0.05) is 11.8 Å². The number of carboxylic acids is 1. The van der Waals surface area contributed by atoms with E-state index in [1.807, 2.05) is 42.3 Å². The number of likely N-dealkylation sites (tertiary alicyclic amines) is 1. The fourth-order valence-corrected chi connectivity index (χ4v) is 6.08. The molecular formula is C27H36N4O3S. The zero-order valence-corrected chi connectivity index (χ0v) is 21.5. The summed E-state index contributed by atoms with van der Waals surface area (Å²) < 4.78 is 7.45. The van der Waals surface area contributed by atoms with Gasteiger partial charge in [-0.15, -0.1) is 0 Å². The van der Waals surface area contributed by atoms with Crippen molar-refractivity contribution in [3.63, 3.8) is 0 Å². The number of carbonyl (C=O) groups is 1. The number of carboxylic acid groups (broad SMARTS) is 1. The van der Waals surface area contributed by atoms with E-state index in [0.717, 1.165) is 79.3 Å². The normalized spacial score (nSPS) is 18.7. The highest BCUT2D eigenvalue weighted by atomic mass is 32.2. The van der Waals surface area contributed by atoms with Crippen molar-refractivity contribution in [2.75, 3.05) is 32.5 Å². The van der Waals surface area contributed by atoms with Gasteiger partial charge in [0, 0.05) is 49.7 Å². The van der Waals surface area contributed by atoms with Gasteiger partial charge in [0.15, 0.2) is 5.16 Å². The molecule has 0 amide bonds. The SMILES string of the molecule is COc1ccc2nccc(CCC[C@@H]3CCN(CCCSc4nccn4C)C[C@@H]3CC(=O)O)c2c1. The van der Waals surface area contributed by atoms with Crippen LogP contribution in [0.5, 0.6) is 5.75 Å². The third-order valence-electron chi connectivity index (χ3n) is 7.10. The Bertz CT molecular complexity index is 1120. The molecule has 1 aliphatic rings. The van der Waals surface area contributed by atoms with E-state index >= 15 is 0 Å². The lowest BCUT2D eigenvalue weighted by Crippen LogP contribution is -2.42. The van der Waals surface area contributed by atoms with E-state index < -0.39 is 5.97 Å². The van der Waals surface area contributed by atoms with E-state index in [1.165, 1.54) is 5.56 Å². The molecule has 1 aliphatic heterocycles. The largest absolute Gasteiger partial charge is 0.497 e. The van der Waals surface area contributed by atoms with E-state index in [1.54, 1.807) is 18.9 Å². The van der Waals surface area contributed by atoms with E-state index in [4.69, 9.17) is 4.74 Å². The molecule has 0 saturated carbocycles. The Morgan fingerprint density at radius 3 is 2.86 bits per heavy atom. The number of rotatable bonds is 12. The Labute approximate surface area is 211 Å². The smallest absolute Gasteiger partial charge is 0.303 e. The van der Waals surface area contributed by atoms with Gasteiger partial charge in [0.05, 0.1) is 12.6 Å². The molecule has 1 N–H and O–H groups in total. The molecule has 1 fully saturated rings. The molecule has 2 atom stereocenters. The highest BCUT2D eigenvalue weighted by molar-refractivity contribution is 7.99. The van der Waals surface area contributed by atoms with Crippen LogP contribution in [0.4, 0.5) is 0 Å². The number of fused-ring (bicyclic) bond motifs is 1. The second-order valence-electron chi connectivity index (χ2n) is 9.48. The Kier molecular flexibility index (Phi) is 9.04. The molecule has 0 aliphatic carbocycles. The first-order valence-electron chi connectivity index (χ1n) is 12.5. The standard InChI is InChI=1S/C27H36N4O3S/c1-30-15-12-29-27(30)35-16-4-13-31-14-10-20(22(19-31)17-26(32)33)5-3-6-21-9-11-28-25-8-7-23(34-2)18-24(21)25/h7-9,11-12,15,18,20,22H,3-6,10,13-14,16-17,19H2,1-2H3,(H,32,33)/t20-,22+/m1/s1. The van der Waals surface area contributed by atoms with Crippen LogP contribution in [-0.4, -0.2) is 63.0 Å². The van der Waals surface area contributed by atoms with Crippen LogP contribution in [0.1, 0.15) is 37.7 Å². The maximum absolute atomic E-state index is 11.6. The maximum atomic E-state index is 11.6. The topological polar surface area (TPSA) is 80.5 Å². The van der Waals surface area contributed by atoms with Crippen LogP contribution >= 0.6 is 11.8 Å². The quantitative estimate of drug-likeness (QED) is 0.282. The van der Waals surface area contributed by atoms with Crippen LogP contribution in [0.15, 0.2) is 48.0 Å². The number of hydrogen-bond donors (Lipinski definition) is 1. The number of methoxy groups -OCH3 is 1. The first-order chi connectivity index (χ1) is 17.0. The second kappa shape index (κ2) is 12.4. The number of thioether (sulfide) groups is 1. The van der Waals surface area contributed by atoms with Crippen molar-refractivity contribution in [3.8, 4) is 5.75 Å². The lowest BCUT2D eigenvalue weighted by atomic mass is 9.80. The average molecular weight is 497 g/mol. The molecule has 0 spiro atoms. The lowest BCUT2D eigenvalue weighted by molar-refractivity contribution is -0.139. The predicted octanol–water partition coefficient (Wildman–Crippen LogP) is 4.89. The highest BCUT2D eigenvalue weighted by Crippen LogP contribution is 2.32. The molecule has 3 aromatic rings. The van der Waals surface area contributed by atoms with Crippen LogP contribution in [0.25, 0.3) is 10.9 Å². The van der Waals surface area contributed by atoms with Crippen molar-refractivity contribution in [1.29, 1.82) is 0 Å². The van der Waals surface area contributed by atoms with Gasteiger partial charge >= 0.3 is 5.97 Å². The maximum Gasteiger partial charge on any atom is 0.303 e. The number of ether oxygens (including phenoxy) is 1. The number of nitrogens with zero attached hydrogens (tertiary/aromatic N) is 4. The van der Waals surface area contributed by atoms with Crippen molar-refractivity contribution < 1.29 is 14.6 Å². The molecule has 0 unspecified atom stereocenters. The summed E-state index contributed by atoms with van der Waals surface area (Å²) in [6.07, 6.45) is 11.2. The lowest BCUT2D eigenvalue weighted by Gasteiger charge is -2.38. The number of benzene rings is 1. The molecule has 3 heterocycles. The molecule has 0 bridgehead atoms. The van der Waals surface area contributed by atoms with Crippen molar-refractivity contribution in [2.24, 2.45) is 18.9 Å². The van der Waals surface area contributed by atoms with Crippen LogP contribution in [0.3, 0.4) is 0 Å². The number of hydrogen-bond acceptors (Lipinski definition) is 6. The molecule has 4 rings (SSSR count). The molecular weight excluding hydrogens is 460 g/mol. The van der Waals surface area contributed by atoms with E-state index in [9.17, 15) is 9.90 Å². The highest BCUT2D eigenvalue weighted by Gasteiger charge is 2.30. The van der Waals surface area contributed by atoms with Crippen molar-refractivity contribution >= 4 is 28.6 Å². The Morgan fingerprint density at radius 1 is 1.20 bits per heavy atom. The van der Waals surface area contributed by atoms with Gasteiger partial charge in [0.2, 0.25) is 0 Å². The number of aromatic nitrogens is 3. The van der Waals surface area contributed by atoms with Crippen LogP contribution in [0.2, 0.25) is 0 Å². The third-order valence-corrected chi connectivity index (χ3v) is 8.24. The summed E-state index contributed by atoms with van der Waals surface area (Å²) in [6.45, 7) is 2.97. The van der Waals surface area contributed by atoms with E-state index in [2.05, 4.69) is 27.0 Å². The van der Waals surface area contributed by atoms with Gasteiger partial charge in [-0.3, -0.25) is 9.78 Å². The molecule has 35 heavy (non-hydrogen) atoms. The Morgan fingerprint density at radius 2 is 2.09 bits per heavy atom. The van der Waals surface area contributed by atoms with Crippen LogP contribution < -0.4 is 4.74 Å². The zero-order valence-electron chi connectivity index (χ0n) is 20.7. The van der Waals surface area contributed by atoms with Crippen molar-refractivity contribution in [1.82, 2.24) is 19.4 Å². The summed E-state index contributed by atoms with van der Waals surface area (Å²) in [7, 11) is 3.70. The molecule has 8 heteroatoms. The third kappa shape index (κ3) is 6.98. The van der Waals surface area contributed by atoms with Gasteiger partial charge < -0.3 is 19.3 Å². The van der Waals surface area contributed by atoms with Crippen molar-refractivity contribution in [2.45, 2.75) is 43.7 Å². The summed E-state index contributed by atoms with van der Waals surface area (Å²) in [6, 6.07) is 8.11. The summed E-state index contributed by atoms with van der Waals surface area (Å²) in [5.74, 6) is 1.88. The minimum absolute atomic E-state index is 0.220. The Hall–Kier alpha value is -2.58. The fraction of sp³-hybridized carbons (Fsp3) is 0.519. The molecule has 1 saturated heterocycles. The molecule has 7 nitrogen and oxygen atoms in total. The first-order valence-corrected chi connectivity index (χ1v) is 13.5. The second-order valence-corrected chi connectivity index (χ2v) is 10.5. The average Bonchev–Trinajstić information content (AvgIpc) is 3.27. The molecule has 2 aromatic heterocycles. The summed E-state index contributed by atoms with van der Waals surface area (Å²) in [4.78, 5) is 22.9.